The number of aryl methyl sites for hydroxylation is 1. The van der Waals surface area contributed by atoms with Crippen LogP contribution in [0.3, 0.4) is 0 Å². The summed E-state index contributed by atoms with van der Waals surface area (Å²) in [7, 11) is 1.31. The Morgan fingerprint density at radius 1 is 1.00 bits per heavy atom. The number of hydrogen-bond donors (Lipinski definition) is 1. The molecular weight excluding hydrogens is 454 g/mol. The number of carbonyl (C=O) groups is 1. The van der Waals surface area contributed by atoms with E-state index in [1.165, 1.54) is 64.9 Å². The summed E-state index contributed by atoms with van der Waals surface area (Å²) in [4.78, 5) is 32.9. The largest absolute Gasteiger partial charge is 0.469 e. The van der Waals surface area contributed by atoms with Gasteiger partial charge in [-0.1, -0.05) is 44.2 Å². The fourth-order valence-corrected chi connectivity index (χ4v) is 7.13. The van der Waals surface area contributed by atoms with Crippen molar-refractivity contribution in [3.8, 4) is 0 Å². The number of aromatic nitrogens is 2. The molecule has 4 atom stereocenters. The van der Waals surface area contributed by atoms with E-state index in [0.717, 1.165) is 23.9 Å². The van der Waals surface area contributed by atoms with Crippen LogP contribution in [-0.2, 0) is 16.0 Å². The number of para-hydroxylation sites is 2. The van der Waals surface area contributed by atoms with Gasteiger partial charge >= 0.3 is 5.97 Å². The van der Waals surface area contributed by atoms with Crippen LogP contribution in [0.5, 0.6) is 0 Å². The van der Waals surface area contributed by atoms with Gasteiger partial charge in [-0.15, -0.1) is 0 Å². The molecule has 2 saturated heterocycles. The lowest BCUT2D eigenvalue weighted by Gasteiger charge is -2.45. The Bertz CT molecular complexity index is 1090. The smallest absolute Gasteiger partial charge is 0.308 e. The number of nitrogens with zero attached hydrogens (tertiary/aromatic N) is 3. The number of benzene rings is 1. The van der Waals surface area contributed by atoms with E-state index in [1.807, 2.05) is 28.8 Å². The summed E-state index contributed by atoms with van der Waals surface area (Å²) in [6.45, 7) is 0. The first-order chi connectivity index (χ1) is 17.5. The standard InChI is InChI=1S/C29H41N3O4/c1-36-28(34)19-24(33)15-16-26-29(35)32(27-12-8-7-11-25(27)30-26)23-17-21-13-14-22(18-23)31(21)20-9-5-3-2-4-6-10-20/h7-8,11-12,20-24,33H,2-6,9-10,13-19H2,1H3/t21-,22+,23?,24?. The maximum Gasteiger partial charge on any atom is 0.308 e. The normalized spacial score (nSPS) is 26.4. The minimum atomic E-state index is -0.846. The molecule has 36 heavy (non-hydrogen) atoms. The van der Waals surface area contributed by atoms with Crippen LogP contribution >= 0.6 is 0 Å². The summed E-state index contributed by atoms with van der Waals surface area (Å²) in [6, 6.07) is 9.93. The number of esters is 1. The van der Waals surface area contributed by atoms with Crippen LogP contribution in [0, 0.1) is 0 Å². The van der Waals surface area contributed by atoms with Crippen molar-refractivity contribution in [2.75, 3.05) is 7.11 Å². The number of aliphatic hydroxyl groups excluding tert-OH is 1. The molecule has 3 aliphatic rings. The summed E-state index contributed by atoms with van der Waals surface area (Å²) in [5.74, 6) is -0.446. The van der Waals surface area contributed by atoms with Crippen molar-refractivity contribution in [2.45, 2.75) is 120 Å². The van der Waals surface area contributed by atoms with Crippen LogP contribution in [0.1, 0.15) is 95.2 Å². The fourth-order valence-electron chi connectivity index (χ4n) is 7.13. The van der Waals surface area contributed by atoms with Crippen molar-refractivity contribution in [2.24, 2.45) is 0 Å². The van der Waals surface area contributed by atoms with E-state index in [4.69, 9.17) is 4.98 Å². The van der Waals surface area contributed by atoms with Gasteiger partial charge in [-0.2, -0.15) is 0 Å². The Balaban J connectivity index is 1.38. The quantitative estimate of drug-likeness (QED) is 0.568. The highest BCUT2D eigenvalue weighted by Gasteiger charge is 2.44. The van der Waals surface area contributed by atoms with E-state index < -0.39 is 12.1 Å². The molecule has 2 aliphatic heterocycles. The van der Waals surface area contributed by atoms with Crippen LogP contribution in [0.4, 0.5) is 0 Å². The van der Waals surface area contributed by atoms with Crippen LogP contribution in [0.15, 0.2) is 29.1 Å². The SMILES string of the molecule is COC(=O)CC(O)CCc1nc2ccccc2n(C2C[C@H]3CC[C@@H](C2)N3C2CCCCCCC2)c1=O. The topological polar surface area (TPSA) is 84.7 Å². The van der Waals surface area contributed by atoms with Gasteiger partial charge in [0.1, 0.15) is 5.69 Å². The van der Waals surface area contributed by atoms with Crippen molar-refractivity contribution in [1.82, 2.24) is 14.5 Å². The van der Waals surface area contributed by atoms with Crippen LogP contribution in [0.2, 0.25) is 0 Å². The van der Waals surface area contributed by atoms with Crippen LogP contribution in [0.25, 0.3) is 11.0 Å². The van der Waals surface area contributed by atoms with E-state index in [9.17, 15) is 14.7 Å². The molecule has 2 unspecified atom stereocenters. The molecule has 3 heterocycles. The van der Waals surface area contributed by atoms with E-state index in [0.29, 0.717) is 36.7 Å². The number of rotatable bonds is 7. The predicted octanol–water partition coefficient (Wildman–Crippen LogP) is 4.53. The Kier molecular flexibility index (Phi) is 8.06. The van der Waals surface area contributed by atoms with Crippen molar-refractivity contribution < 1.29 is 14.6 Å². The number of methoxy groups -OCH3 is 1. The average molecular weight is 496 g/mol. The van der Waals surface area contributed by atoms with Gasteiger partial charge in [0.25, 0.3) is 5.56 Å². The van der Waals surface area contributed by atoms with E-state index >= 15 is 0 Å². The predicted molar refractivity (Wildman–Crippen MR) is 140 cm³/mol. The van der Waals surface area contributed by atoms with E-state index in [-0.39, 0.29) is 18.0 Å². The van der Waals surface area contributed by atoms with E-state index in [2.05, 4.69) is 9.64 Å². The highest BCUT2D eigenvalue weighted by Crippen LogP contribution is 2.44. The van der Waals surface area contributed by atoms with Gasteiger partial charge in [0.05, 0.1) is 30.7 Å². The number of aliphatic hydroxyl groups is 1. The molecule has 0 radical (unpaired) electrons. The number of hydrogen-bond acceptors (Lipinski definition) is 6. The Hall–Kier alpha value is -2.25. The summed E-state index contributed by atoms with van der Waals surface area (Å²) in [6.07, 6.45) is 13.7. The highest BCUT2D eigenvalue weighted by atomic mass is 16.5. The maximum absolute atomic E-state index is 13.8. The second-order valence-electron chi connectivity index (χ2n) is 11.2. The number of piperidine rings is 1. The molecule has 1 aromatic heterocycles. The lowest BCUT2D eigenvalue weighted by Crippen LogP contribution is -2.50. The first-order valence-electron chi connectivity index (χ1n) is 14.1. The lowest BCUT2D eigenvalue weighted by atomic mass is 9.89. The molecule has 1 N–H and O–H groups in total. The van der Waals surface area contributed by atoms with Gasteiger partial charge in [-0.3, -0.25) is 14.5 Å². The second-order valence-corrected chi connectivity index (χ2v) is 11.2. The molecule has 1 aliphatic carbocycles. The molecule has 2 aromatic rings. The van der Waals surface area contributed by atoms with Crippen LogP contribution < -0.4 is 5.56 Å². The molecule has 5 rings (SSSR count). The van der Waals surface area contributed by atoms with E-state index in [1.54, 1.807) is 0 Å². The van der Waals surface area contributed by atoms with Gasteiger partial charge in [-0.25, -0.2) is 4.98 Å². The highest BCUT2D eigenvalue weighted by molar-refractivity contribution is 5.74. The van der Waals surface area contributed by atoms with Crippen LogP contribution in [-0.4, -0.2) is 56.9 Å². The maximum atomic E-state index is 13.8. The third kappa shape index (κ3) is 5.37. The van der Waals surface area contributed by atoms with Crippen molar-refractivity contribution in [1.29, 1.82) is 0 Å². The third-order valence-electron chi connectivity index (χ3n) is 8.83. The summed E-state index contributed by atoms with van der Waals surface area (Å²) >= 11 is 0. The van der Waals surface area contributed by atoms with Gasteiger partial charge in [0.15, 0.2) is 0 Å². The molecule has 3 fully saturated rings. The fraction of sp³-hybridized carbons (Fsp3) is 0.690. The van der Waals surface area contributed by atoms with Gasteiger partial charge < -0.3 is 14.4 Å². The summed E-state index contributed by atoms with van der Waals surface area (Å²) in [5, 5.41) is 10.3. The van der Waals surface area contributed by atoms with Gasteiger partial charge in [-0.05, 0) is 63.5 Å². The molecular formula is C29H41N3O4. The Morgan fingerprint density at radius 3 is 2.36 bits per heavy atom. The minimum absolute atomic E-state index is 0.0391. The summed E-state index contributed by atoms with van der Waals surface area (Å²) < 4.78 is 6.68. The van der Waals surface area contributed by atoms with Crippen molar-refractivity contribution in [3.05, 3.63) is 40.3 Å². The Morgan fingerprint density at radius 2 is 1.67 bits per heavy atom. The molecule has 2 bridgehead atoms. The zero-order valence-corrected chi connectivity index (χ0v) is 21.6. The number of fused-ring (bicyclic) bond motifs is 3. The number of carbonyl (C=O) groups excluding carboxylic acids is 1. The number of ether oxygens (including phenoxy) is 1. The first-order valence-corrected chi connectivity index (χ1v) is 14.1. The van der Waals surface area contributed by atoms with Gasteiger partial charge in [0, 0.05) is 24.2 Å². The van der Waals surface area contributed by atoms with Crippen molar-refractivity contribution in [3.63, 3.8) is 0 Å². The molecule has 1 aromatic carbocycles. The molecule has 0 amide bonds. The average Bonchev–Trinajstić information content (AvgIpc) is 3.11. The molecule has 1 saturated carbocycles. The molecule has 196 valence electrons. The molecule has 7 nitrogen and oxygen atoms in total. The monoisotopic (exact) mass is 495 g/mol. The second kappa shape index (κ2) is 11.4. The Labute approximate surface area is 213 Å². The zero-order chi connectivity index (χ0) is 25.1. The lowest BCUT2D eigenvalue weighted by molar-refractivity contribution is -0.142. The molecule has 7 heteroatoms. The van der Waals surface area contributed by atoms with Gasteiger partial charge in [0.2, 0.25) is 0 Å². The van der Waals surface area contributed by atoms with Crippen molar-refractivity contribution >= 4 is 17.0 Å². The third-order valence-corrected chi connectivity index (χ3v) is 8.83. The molecule has 0 spiro atoms. The minimum Gasteiger partial charge on any atom is -0.469 e. The first kappa shape index (κ1) is 25.4. The summed E-state index contributed by atoms with van der Waals surface area (Å²) in [5.41, 5.74) is 2.17. The zero-order valence-electron chi connectivity index (χ0n) is 21.6.